The Balaban J connectivity index is 1.86. The van der Waals surface area contributed by atoms with Crippen LogP contribution in [0, 0.1) is 17.8 Å². The molecule has 2 rings (SSSR count). The number of amides is 1. The zero-order valence-electron chi connectivity index (χ0n) is 10.6. The average Bonchev–Trinajstić information content (AvgIpc) is 3.09. The number of hydrogen-bond donors (Lipinski definition) is 1. The number of rotatable bonds is 6. The van der Waals surface area contributed by atoms with Crippen molar-refractivity contribution >= 4 is 11.9 Å². The number of nitrogens with zero attached hydrogens (tertiary/aromatic N) is 1. The Morgan fingerprint density at radius 3 is 2.47 bits per heavy atom. The van der Waals surface area contributed by atoms with Gasteiger partial charge in [0.25, 0.3) is 0 Å². The van der Waals surface area contributed by atoms with Crippen LogP contribution >= 0.6 is 0 Å². The fourth-order valence-electron chi connectivity index (χ4n) is 2.60. The van der Waals surface area contributed by atoms with E-state index in [1.807, 2.05) is 13.8 Å². The molecule has 2 fully saturated rings. The lowest BCUT2D eigenvalue weighted by atomic mass is 10.2. The van der Waals surface area contributed by atoms with Gasteiger partial charge in [-0.3, -0.25) is 9.59 Å². The maximum atomic E-state index is 12.2. The third-order valence-corrected chi connectivity index (χ3v) is 3.86. The molecule has 0 heterocycles. The lowest BCUT2D eigenvalue weighted by Gasteiger charge is -2.26. The first-order valence-electron chi connectivity index (χ1n) is 6.53. The van der Waals surface area contributed by atoms with Crippen molar-refractivity contribution in [2.75, 3.05) is 6.54 Å². The predicted octanol–water partition coefficient (Wildman–Crippen LogP) is 1.74. The van der Waals surface area contributed by atoms with Crippen molar-refractivity contribution in [3.05, 3.63) is 0 Å². The van der Waals surface area contributed by atoms with Crippen LogP contribution in [0.5, 0.6) is 0 Å². The van der Waals surface area contributed by atoms with Crippen LogP contribution < -0.4 is 0 Å². The van der Waals surface area contributed by atoms with Gasteiger partial charge >= 0.3 is 5.97 Å². The summed E-state index contributed by atoms with van der Waals surface area (Å²) in [6.45, 7) is 4.25. The molecule has 0 spiro atoms. The lowest BCUT2D eigenvalue weighted by molar-refractivity contribution is -0.139. The summed E-state index contributed by atoms with van der Waals surface area (Å²) in [6, 6.07) is 0.0994. The van der Waals surface area contributed by atoms with E-state index in [1.165, 1.54) is 12.8 Å². The highest BCUT2D eigenvalue weighted by atomic mass is 16.4. The summed E-state index contributed by atoms with van der Waals surface area (Å²) < 4.78 is 0. The van der Waals surface area contributed by atoms with Gasteiger partial charge in [0, 0.05) is 18.5 Å². The predicted molar refractivity (Wildman–Crippen MR) is 63.4 cm³/mol. The molecule has 2 aliphatic rings. The largest absolute Gasteiger partial charge is 0.481 e. The zero-order valence-corrected chi connectivity index (χ0v) is 10.6. The van der Waals surface area contributed by atoms with Gasteiger partial charge in [-0.1, -0.05) is 0 Å². The molecule has 0 aromatic heterocycles. The van der Waals surface area contributed by atoms with Crippen LogP contribution in [0.2, 0.25) is 0 Å². The van der Waals surface area contributed by atoms with Crippen LogP contribution in [0.1, 0.15) is 39.5 Å². The van der Waals surface area contributed by atoms with Crippen molar-refractivity contribution in [3.63, 3.8) is 0 Å². The molecule has 0 saturated heterocycles. The third kappa shape index (κ3) is 2.99. The molecule has 2 atom stereocenters. The molecule has 4 heteroatoms. The number of carboxylic acid groups (broad SMARTS) is 1. The molecule has 17 heavy (non-hydrogen) atoms. The Labute approximate surface area is 102 Å². The molecule has 1 amide bonds. The normalized spacial score (nSPS) is 27.0. The number of hydrogen-bond acceptors (Lipinski definition) is 2. The van der Waals surface area contributed by atoms with E-state index in [4.69, 9.17) is 5.11 Å². The van der Waals surface area contributed by atoms with Crippen molar-refractivity contribution in [2.24, 2.45) is 17.8 Å². The molecule has 96 valence electrons. The molecule has 0 aliphatic heterocycles. The Bertz CT molecular complexity index is 323. The van der Waals surface area contributed by atoms with Crippen LogP contribution in [0.25, 0.3) is 0 Å². The van der Waals surface area contributed by atoms with Gasteiger partial charge in [-0.2, -0.15) is 0 Å². The Morgan fingerprint density at radius 1 is 1.35 bits per heavy atom. The van der Waals surface area contributed by atoms with Gasteiger partial charge in [-0.05, 0) is 44.9 Å². The van der Waals surface area contributed by atoms with Crippen molar-refractivity contribution in [1.82, 2.24) is 4.90 Å². The summed E-state index contributed by atoms with van der Waals surface area (Å²) in [5, 5.41) is 8.69. The maximum Gasteiger partial charge on any atom is 0.305 e. The van der Waals surface area contributed by atoms with E-state index in [-0.39, 0.29) is 24.3 Å². The first-order chi connectivity index (χ1) is 8.00. The van der Waals surface area contributed by atoms with Gasteiger partial charge in [0.15, 0.2) is 0 Å². The molecule has 2 saturated carbocycles. The van der Waals surface area contributed by atoms with Crippen molar-refractivity contribution in [3.8, 4) is 0 Å². The maximum absolute atomic E-state index is 12.2. The number of carboxylic acids is 1. The monoisotopic (exact) mass is 239 g/mol. The zero-order chi connectivity index (χ0) is 12.6. The summed E-state index contributed by atoms with van der Waals surface area (Å²) >= 11 is 0. The second-order valence-electron chi connectivity index (χ2n) is 5.61. The van der Waals surface area contributed by atoms with Crippen molar-refractivity contribution < 1.29 is 14.7 Å². The van der Waals surface area contributed by atoms with E-state index in [9.17, 15) is 9.59 Å². The highest BCUT2D eigenvalue weighted by molar-refractivity contribution is 5.82. The summed E-state index contributed by atoms with van der Waals surface area (Å²) in [5.74, 6) is 0.931. The van der Waals surface area contributed by atoms with Gasteiger partial charge in [-0.15, -0.1) is 0 Å². The minimum absolute atomic E-state index is 0.0464. The molecular weight excluding hydrogens is 218 g/mol. The van der Waals surface area contributed by atoms with Crippen LogP contribution in [0.3, 0.4) is 0 Å². The van der Waals surface area contributed by atoms with E-state index in [0.29, 0.717) is 12.5 Å². The van der Waals surface area contributed by atoms with Crippen LogP contribution in [0.4, 0.5) is 0 Å². The minimum atomic E-state index is -0.835. The highest BCUT2D eigenvalue weighted by Gasteiger charge is 2.52. The second-order valence-corrected chi connectivity index (χ2v) is 5.61. The molecule has 2 unspecified atom stereocenters. The summed E-state index contributed by atoms with van der Waals surface area (Å²) in [7, 11) is 0. The van der Waals surface area contributed by atoms with E-state index in [0.717, 1.165) is 12.3 Å². The second kappa shape index (κ2) is 4.67. The molecule has 2 aliphatic carbocycles. The van der Waals surface area contributed by atoms with Gasteiger partial charge < -0.3 is 10.0 Å². The summed E-state index contributed by atoms with van der Waals surface area (Å²) in [6.07, 6.45) is 3.64. The quantitative estimate of drug-likeness (QED) is 0.768. The van der Waals surface area contributed by atoms with E-state index in [1.54, 1.807) is 4.90 Å². The van der Waals surface area contributed by atoms with Crippen LogP contribution in [0.15, 0.2) is 0 Å². The van der Waals surface area contributed by atoms with Gasteiger partial charge in [0.1, 0.15) is 0 Å². The van der Waals surface area contributed by atoms with Crippen LogP contribution in [-0.4, -0.2) is 34.5 Å². The Hall–Kier alpha value is -1.06. The third-order valence-electron chi connectivity index (χ3n) is 3.86. The Kier molecular flexibility index (Phi) is 3.40. The molecule has 4 nitrogen and oxygen atoms in total. The molecule has 0 bridgehead atoms. The number of carbonyl (C=O) groups excluding carboxylic acids is 1. The van der Waals surface area contributed by atoms with Gasteiger partial charge in [0.05, 0.1) is 6.42 Å². The Morgan fingerprint density at radius 2 is 2.00 bits per heavy atom. The topological polar surface area (TPSA) is 57.6 Å². The van der Waals surface area contributed by atoms with Crippen molar-refractivity contribution in [1.29, 1.82) is 0 Å². The van der Waals surface area contributed by atoms with E-state index >= 15 is 0 Å². The first kappa shape index (κ1) is 12.4. The number of carbonyl (C=O) groups is 2. The van der Waals surface area contributed by atoms with Gasteiger partial charge in [-0.25, -0.2) is 0 Å². The van der Waals surface area contributed by atoms with Crippen molar-refractivity contribution in [2.45, 2.75) is 45.6 Å². The standard InChI is InChI=1S/C13H21NO3/c1-8(2)14(6-5-12(15)16)13(17)11-7-10(11)9-3-4-9/h8-11H,3-7H2,1-2H3,(H,15,16). The molecule has 0 aromatic rings. The fraction of sp³-hybridized carbons (Fsp3) is 0.846. The molecular formula is C13H21NO3. The van der Waals surface area contributed by atoms with E-state index in [2.05, 4.69) is 0 Å². The smallest absolute Gasteiger partial charge is 0.305 e. The highest BCUT2D eigenvalue weighted by Crippen LogP contribution is 2.54. The summed E-state index contributed by atoms with van der Waals surface area (Å²) in [4.78, 5) is 24.6. The SMILES string of the molecule is CC(C)N(CCC(=O)O)C(=O)C1CC1C1CC1. The lowest BCUT2D eigenvalue weighted by Crippen LogP contribution is -2.39. The fourth-order valence-corrected chi connectivity index (χ4v) is 2.60. The van der Waals surface area contributed by atoms with E-state index < -0.39 is 5.97 Å². The van der Waals surface area contributed by atoms with Crippen LogP contribution in [-0.2, 0) is 9.59 Å². The minimum Gasteiger partial charge on any atom is -0.481 e. The van der Waals surface area contributed by atoms with Gasteiger partial charge in [0.2, 0.25) is 5.91 Å². The average molecular weight is 239 g/mol. The number of aliphatic carboxylic acids is 1. The summed E-state index contributed by atoms with van der Waals surface area (Å²) in [5.41, 5.74) is 0. The molecule has 1 N–H and O–H groups in total. The molecule has 0 radical (unpaired) electrons. The first-order valence-corrected chi connectivity index (χ1v) is 6.53. The molecule has 0 aromatic carbocycles.